The van der Waals surface area contributed by atoms with Crippen molar-refractivity contribution in [2.45, 2.75) is 0 Å². The predicted molar refractivity (Wildman–Crippen MR) is 29.5 cm³/mol. The normalized spacial score (nSPS) is 3.86. The van der Waals surface area contributed by atoms with E-state index in [2.05, 4.69) is 0 Å². The third kappa shape index (κ3) is 52.7. The molecule has 0 atom stereocenters. The SMILES string of the molecule is OB(O)O.[CaH2].[PbH2].[Zn]. The first-order chi connectivity index (χ1) is 1.73. The summed E-state index contributed by atoms with van der Waals surface area (Å²) in [6.45, 7) is 0. The molecule has 0 aromatic heterocycles. The van der Waals surface area contributed by atoms with Crippen molar-refractivity contribution in [3.05, 3.63) is 0 Å². The summed E-state index contributed by atoms with van der Waals surface area (Å²) in [7, 11) is -2.17. The van der Waals surface area contributed by atoms with Gasteiger partial charge in [-0.05, 0) is 0 Å². The predicted octanol–water partition coefficient (Wildman–Crippen LogP) is -3.89. The minimum absolute atomic E-state index is 0. The molecule has 0 fully saturated rings. The second-order valence-corrected chi connectivity index (χ2v) is 0.346. The van der Waals surface area contributed by atoms with Gasteiger partial charge in [0.05, 0.1) is 0 Å². The Morgan fingerprint density at radius 3 is 1.00 bits per heavy atom. The first kappa shape index (κ1) is 22.6. The standard InChI is InChI=1S/BH3O3.Ca.Pb.Zn.4H/c2-1(3)4;;;;;;;/h2-4H;;;;;;;. The van der Waals surface area contributed by atoms with E-state index in [9.17, 15) is 0 Å². The Hall–Kier alpha value is 2.75. The fourth-order valence-corrected chi connectivity index (χ4v) is 0. The molecule has 0 saturated carbocycles. The largest absolute Gasteiger partial charge is 0 e. The molecule has 0 heterocycles. The van der Waals surface area contributed by atoms with E-state index in [4.69, 9.17) is 15.1 Å². The first-order valence-electron chi connectivity index (χ1n) is 0.775. The summed E-state index contributed by atoms with van der Waals surface area (Å²) in [6, 6.07) is 0. The molecule has 3 nitrogen and oxygen atoms in total. The summed E-state index contributed by atoms with van der Waals surface area (Å²) in [5, 5.41) is 21.5. The third-order valence-corrected chi connectivity index (χ3v) is 0. The van der Waals surface area contributed by atoms with Crippen LogP contribution in [0, 0.1) is 0 Å². The van der Waals surface area contributed by atoms with E-state index in [-0.39, 0.29) is 84.5 Å². The molecular formula is H7BCaO3PbZn. The number of rotatable bonds is 0. The van der Waals surface area contributed by atoms with Gasteiger partial charge in [-0.1, -0.05) is 0 Å². The summed E-state index contributed by atoms with van der Waals surface area (Å²) in [6.07, 6.45) is 0. The summed E-state index contributed by atoms with van der Waals surface area (Å²) in [5.41, 5.74) is 0. The van der Waals surface area contributed by atoms with Crippen LogP contribution in [0.2, 0.25) is 0 Å². The van der Waals surface area contributed by atoms with E-state index in [1.54, 1.807) is 0 Å². The average Bonchev–Trinajstić information content (AvgIpc) is 0.811. The van der Waals surface area contributed by atoms with Crippen LogP contribution in [0.25, 0.3) is 0 Å². The molecule has 0 bridgehead atoms. The molecule has 2 radical (unpaired) electrons. The fourth-order valence-electron chi connectivity index (χ4n) is 0. The molecule has 0 aromatic carbocycles. The van der Waals surface area contributed by atoms with Crippen LogP contribution in [0.3, 0.4) is 0 Å². The number of hydrogen-bond acceptors (Lipinski definition) is 3. The maximum atomic E-state index is 7.17. The van der Waals surface area contributed by atoms with E-state index in [1.165, 1.54) is 0 Å². The zero-order valence-electron chi connectivity index (χ0n) is 3.33. The second-order valence-electron chi connectivity index (χ2n) is 0.346. The van der Waals surface area contributed by atoms with Gasteiger partial charge in [-0.25, -0.2) is 0 Å². The zero-order chi connectivity index (χ0) is 3.58. The first-order valence-corrected chi connectivity index (χ1v) is 0.775. The van der Waals surface area contributed by atoms with Crippen LogP contribution in [0.1, 0.15) is 0 Å². The molecule has 0 unspecified atom stereocenters. The van der Waals surface area contributed by atoms with Crippen molar-refractivity contribution in [1.29, 1.82) is 0 Å². The Morgan fingerprint density at radius 1 is 1.00 bits per heavy atom. The van der Waals surface area contributed by atoms with Crippen LogP contribution in [0.15, 0.2) is 0 Å². The van der Waals surface area contributed by atoms with Gasteiger partial charge in [0.2, 0.25) is 0 Å². The Bertz CT molecular complexity index is 19.7. The number of hydrogen-bond donors (Lipinski definition) is 3. The Kier molecular flexibility index (Phi) is 51.3. The maximum absolute atomic E-state index is 7.17. The van der Waals surface area contributed by atoms with Crippen molar-refractivity contribution in [2.75, 3.05) is 0 Å². The van der Waals surface area contributed by atoms with E-state index >= 15 is 0 Å². The van der Waals surface area contributed by atoms with Gasteiger partial charge >= 0.3 is 72.4 Å². The molecule has 0 aliphatic heterocycles. The van der Waals surface area contributed by atoms with E-state index in [0.717, 1.165) is 0 Å². The smallest absolute Gasteiger partial charge is 0 e. The van der Waals surface area contributed by atoms with Crippen LogP contribution in [0.5, 0.6) is 0 Å². The summed E-state index contributed by atoms with van der Waals surface area (Å²) in [4.78, 5) is 0. The van der Waals surface area contributed by atoms with Crippen molar-refractivity contribution in [3.63, 3.8) is 0 Å². The Balaban J connectivity index is -0.0000000150. The molecule has 7 heteroatoms. The molecule has 3 N–H and O–H groups in total. The van der Waals surface area contributed by atoms with Gasteiger partial charge in [0, 0.05) is 19.5 Å². The van der Waals surface area contributed by atoms with E-state index in [0.29, 0.717) is 0 Å². The van der Waals surface area contributed by atoms with Crippen LogP contribution >= 0.6 is 0 Å². The maximum Gasteiger partial charge on any atom is 0 e. The summed E-state index contributed by atoms with van der Waals surface area (Å²) < 4.78 is 0. The van der Waals surface area contributed by atoms with Gasteiger partial charge in [0.15, 0.2) is 0 Å². The molecule has 7 heavy (non-hydrogen) atoms. The monoisotopic (exact) mass is 378 g/mol. The van der Waals surface area contributed by atoms with Crippen molar-refractivity contribution in [2.24, 2.45) is 0 Å². The van der Waals surface area contributed by atoms with E-state index < -0.39 is 7.32 Å². The molecule has 0 saturated heterocycles. The van der Waals surface area contributed by atoms with Gasteiger partial charge in [0.25, 0.3) is 0 Å². The van der Waals surface area contributed by atoms with Crippen LogP contribution in [-0.4, -0.2) is 87.4 Å². The molecule has 36 valence electrons. The van der Waals surface area contributed by atoms with Crippen LogP contribution in [0.4, 0.5) is 0 Å². The molecule has 0 spiro atoms. The average molecular weight is 379 g/mol. The van der Waals surface area contributed by atoms with Crippen molar-refractivity contribution >= 4 is 72.4 Å². The van der Waals surface area contributed by atoms with Gasteiger partial charge in [-0.2, -0.15) is 0 Å². The third-order valence-electron chi connectivity index (χ3n) is 0. The molecular weight excluding hydrogens is 371 g/mol. The molecule has 0 amide bonds. The van der Waals surface area contributed by atoms with Gasteiger partial charge in [-0.15, -0.1) is 0 Å². The summed E-state index contributed by atoms with van der Waals surface area (Å²) >= 11 is 0. The Labute approximate surface area is 105 Å². The van der Waals surface area contributed by atoms with Crippen molar-refractivity contribution < 1.29 is 34.6 Å². The summed E-state index contributed by atoms with van der Waals surface area (Å²) in [5.74, 6) is 0. The van der Waals surface area contributed by atoms with Gasteiger partial charge in [-0.3, -0.25) is 0 Å². The second kappa shape index (κ2) is 15.9. The van der Waals surface area contributed by atoms with Gasteiger partial charge in [0.1, 0.15) is 0 Å². The van der Waals surface area contributed by atoms with Gasteiger partial charge < -0.3 is 15.1 Å². The van der Waals surface area contributed by atoms with E-state index in [1.807, 2.05) is 0 Å². The topological polar surface area (TPSA) is 60.7 Å². The quantitative estimate of drug-likeness (QED) is 0.378. The van der Waals surface area contributed by atoms with Crippen LogP contribution < -0.4 is 0 Å². The minimum Gasteiger partial charge on any atom is 0 e. The fraction of sp³-hybridized carbons (Fsp3) is 0. The van der Waals surface area contributed by atoms with Crippen molar-refractivity contribution in [1.82, 2.24) is 0 Å². The molecule has 0 aromatic rings. The Morgan fingerprint density at radius 2 is 1.00 bits per heavy atom. The molecule has 0 aliphatic rings. The minimum atomic E-state index is -2.17. The van der Waals surface area contributed by atoms with Crippen molar-refractivity contribution in [3.8, 4) is 0 Å². The zero-order valence-corrected chi connectivity index (χ0v) is 11.8. The molecule has 0 rings (SSSR count). The van der Waals surface area contributed by atoms with Crippen LogP contribution in [-0.2, 0) is 19.5 Å². The molecule has 0 aliphatic carbocycles.